The summed E-state index contributed by atoms with van der Waals surface area (Å²) in [7, 11) is -6.76. The highest BCUT2D eigenvalue weighted by Crippen LogP contribution is 2.46. The summed E-state index contributed by atoms with van der Waals surface area (Å²) in [4.78, 5) is 54.5. The van der Waals surface area contributed by atoms with Gasteiger partial charge in [0.05, 0.1) is 36.4 Å². The third kappa shape index (κ3) is 8.60. The summed E-state index contributed by atoms with van der Waals surface area (Å²) in [6.07, 6.45) is 2.61. The lowest BCUT2D eigenvalue weighted by molar-refractivity contribution is -0.155. The number of esters is 1. The van der Waals surface area contributed by atoms with E-state index in [0.29, 0.717) is 16.7 Å². The summed E-state index contributed by atoms with van der Waals surface area (Å²) in [5.41, 5.74) is 7.20. The summed E-state index contributed by atoms with van der Waals surface area (Å²) in [5, 5.41) is 1.29. The maximum absolute atomic E-state index is 13.4. The van der Waals surface area contributed by atoms with Gasteiger partial charge in [0.25, 0.3) is 0 Å². The molecule has 2 fully saturated rings. The number of nitrogen functional groups attached to an aromatic ring is 1. The van der Waals surface area contributed by atoms with E-state index in [0.717, 1.165) is 4.88 Å². The fourth-order valence-electron chi connectivity index (χ4n) is 6.45. The van der Waals surface area contributed by atoms with Gasteiger partial charge in [-0.05, 0) is 35.2 Å². The number of carbonyl (C=O) groups is 3. The number of thioether (sulfide) groups is 1. The molecule has 0 aliphatic carbocycles. The number of ether oxygens (including phenoxy) is 2. The minimum atomic E-state index is -4.40. The molecule has 3 aromatic heterocycles. The Bertz CT molecular complexity index is 2080. The first-order valence-electron chi connectivity index (χ1n) is 17.8. The van der Waals surface area contributed by atoms with Gasteiger partial charge < -0.3 is 19.6 Å². The highest BCUT2D eigenvalue weighted by Gasteiger charge is 2.54. The molecule has 3 aliphatic rings. The number of imidazole rings is 1. The van der Waals surface area contributed by atoms with Gasteiger partial charge in [-0.15, -0.1) is 23.1 Å². The van der Waals surface area contributed by atoms with E-state index >= 15 is 0 Å². The van der Waals surface area contributed by atoms with Gasteiger partial charge in [-0.1, -0.05) is 46.4 Å². The van der Waals surface area contributed by atoms with E-state index in [1.807, 2.05) is 24.4 Å². The van der Waals surface area contributed by atoms with Crippen molar-refractivity contribution in [3.8, 4) is 0 Å². The quantitative estimate of drug-likeness (QED) is 0.0907. The normalized spacial score (nSPS) is 24.5. The van der Waals surface area contributed by atoms with Gasteiger partial charge >= 0.3 is 16.3 Å². The third-order valence-corrected chi connectivity index (χ3v) is 18.2. The van der Waals surface area contributed by atoms with E-state index < -0.39 is 60.2 Å². The number of amides is 1. The van der Waals surface area contributed by atoms with Crippen LogP contribution < -0.4 is 10.5 Å². The average Bonchev–Trinajstić information content (AvgIpc) is 3.87. The maximum atomic E-state index is 13.4. The van der Waals surface area contributed by atoms with Crippen LogP contribution in [0.5, 0.6) is 0 Å². The number of nitrogens with one attached hydrogen (secondary N) is 1. The van der Waals surface area contributed by atoms with Crippen LogP contribution in [0.25, 0.3) is 11.2 Å². The van der Waals surface area contributed by atoms with Crippen molar-refractivity contribution >= 4 is 76.4 Å². The Morgan fingerprint density at radius 2 is 2.00 bits per heavy atom. The number of hydrogen-bond acceptors (Lipinski definition) is 15. The van der Waals surface area contributed by atoms with E-state index in [9.17, 15) is 22.8 Å². The monoisotopic (exact) mass is 833 g/mol. The number of rotatable bonds is 16. The average molecular weight is 834 g/mol. The van der Waals surface area contributed by atoms with Gasteiger partial charge in [-0.3, -0.25) is 23.2 Å². The van der Waals surface area contributed by atoms with E-state index in [-0.39, 0.29) is 66.6 Å². The van der Waals surface area contributed by atoms with Crippen molar-refractivity contribution in [3.05, 3.63) is 59.0 Å². The number of nitrogens with two attached hydrogens (primary N) is 1. The molecule has 0 bridgehead atoms. The molecule has 6 atom stereocenters. The van der Waals surface area contributed by atoms with Crippen molar-refractivity contribution in [3.63, 3.8) is 0 Å². The molecule has 3 N–H and O–H groups in total. The molecule has 0 saturated carbocycles. The number of Topliss-reactive ketones (excluding diaryl/α,β-unsaturated/α-hetero) is 1. The zero-order valence-corrected chi connectivity index (χ0v) is 35.0. The summed E-state index contributed by atoms with van der Waals surface area (Å²) >= 11 is 2.83. The number of aromatic nitrogens is 4. The molecule has 0 spiro atoms. The minimum Gasteiger partial charge on any atom is -0.457 e. The van der Waals surface area contributed by atoms with Crippen LogP contribution in [0, 0.1) is 11.8 Å². The van der Waals surface area contributed by atoms with Crippen LogP contribution in [0.15, 0.2) is 54.1 Å². The molecule has 55 heavy (non-hydrogen) atoms. The Morgan fingerprint density at radius 3 is 2.69 bits per heavy atom. The Labute approximate surface area is 329 Å². The highest BCUT2D eigenvalue weighted by molar-refractivity contribution is 8.00. The van der Waals surface area contributed by atoms with Crippen LogP contribution in [0.1, 0.15) is 45.2 Å². The Balaban J connectivity index is 1.15. The lowest BCUT2D eigenvalue weighted by Crippen LogP contribution is -2.62. The van der Waals surface area contributed by atoms with Crippen LogP contribution in [0.4, 0.5) is 5.82 Å². The van der Waals surface area contributed by atoms with E-state index in [2.05, 4.69) is 60.1 Å². The molecule has 16 nitrogen and oxygen atoms in total. The van der Waals surface area contributed by atoms with Gasteiger partial charge in [0, 0.05) is 35.9 Å². The smallest absolute Gasteiger partial charge is 0.355 e. The molecule has 298 valence electrons. The molecule has 20 heteroatoms. The predicted octanol–water partition coefficient (Wildman–Crippen LogP) is 3.96. The second kappa shape index (κ2) is 16.2. The lowest BCUT2D eigenvalue weighted by atomic mass is 9.89. The van der Waals surface area contributed by atoms with Gasteiger partial charge in [0.15, 0.2) is 26.0 Å². The van der Waals surface area contributed by atoms with Gasteiger partial charge in [-0.2, -0.15) is 13.1 Å². The maximum Gasteiger partial charge on any atom is 0.355 e. The van der Waals surface area contributed by atoms with Gasteiger partial charge in [-0.25, -0.2) is 19.7 Å². The molecule has 3 aromatic rings. The molecule has 0 aromatic carbocycles. The van der Waals surface area contributed by atoms with Gasteiger partial charge in [0.1, 0.15) is 29.9 Å². The topological polar surface area (TPSA) is 207 Å². The van der Waals surface area contributed by atoms with Crippen LogP contribution in [-0.2, 0) is 49.2 Å². The number of β-lactam (4-membered cyclic amide) rings is 1. The van der Waals surface area contributed by atoms with E-state index in [4.69, 9.17) is 23.8 Å². The number of hydrogen-bond donors (Lipinski definition) is 2. The van der Waals surface area contributed by atoms with Crippen molar-refractivity contribution in [2.75, 3.05) is 31.2 Å². The van der Waals surface area contributed by atoms with Crippen LogP contribution in [0.2, 0.25) is 18.1 Å². The third-order valence-electron chi connectivity index (χ3n) is 10.5. The molecule has 0 radical (unpaired) electrons. The molecule has 3 aliphatic heterocycles. The number of anilines is 1. The molecule has 6 heterocycles. The summed E-state index contributed by atoms with van der Waals surface area (Å²) in [6, 6.07) is 3.74. The van der Waals surface area contributed by atoms with E-state index in [1.54, 1.807) is 10.9 Å². The van der Waals surface area contributed by atoms with Crippen molar-refractivity contribution in [1.29, 1.82) is 0 Å². The van der Waals surface area contributed by atoms with Crippen LogP contribution in [-0.4, -0.2) is 102 Å². The van der Waals surface area contributed by atoms with Crippen molar-refractivity contribution in [2.45, 2.75) is 82.5 Å². The SMILES string of the molecule is C=CCOC(=O)C1=C(CNS(=O)(=O)OC[C@H]2O[C@@H](n3cnc4c(N)ncnc43)[C@H](O[Si](C)(C)C(C)(C)C)[C@@H]2C)CS[C@@H]2[C@H](CC(=O)Cc3cccs3)C(=O)N12. The first-order chi connectivity index (χ1) is 25.9. The second-order valence-corrected chi connectivity index (χ2v) is 23.6. The molecule has 1 amide bonds. The zero-order chi connectivity index (χ0) is 39.9. The second-order valence-electron chi connectivity index (χ2n) is 15.3. The Hall–Kier alpha value is -3.50. The first kappa shape index (κ1) is 41.1. The van der Waals surface area contributed by atoms with Crippen molar-refractivity contribution < 1.29 is 40.9 Å². The molecular weight excluding hydrogens is 787 g/mol. The number of thiophene rings is 1. The Morgan fingerprint density at radius 1 is 1.24 bits per heavy atom. The van der Waals surface area contributed by atoms with Crippen LogP contribution in [0.3, 0.4) is 0 Å². The summed E-state index contributed by atoms with van der Waals surface area (Å²) in [5.74, 6) is -1.75. The fraction of sp³-hybridized carbons (Fsp3) is 0.543. The molecule has 0 unspecified atom stereocenters. The highest BCUT2D eigenvalue weighted by atomic mass is 32.2. The predicted molar refractivity (Wildman–Crippen MR) is 210 cm³/mol. The fourth-order valence-corrected chi connectivity index (χ4v) is 10.7. The number of nitrogens with zero attached hydrogens (tertiary/aromatic N) is 5. The standard InChI is InChI=1S/C35H47N7O9S3Si/c1-8-11-48-34(45)27-21(17-53-33-24(31(44)42(27)33)14-22(43)13-23-10-9-12-52-23)15-40-54(46,47)49-16-25-20(2)28(51-55(6,7)35(3,4)5)32(50-25)41-19-39-26-29(36)37-18-38-30(26)41/h8-10,12,18-20,24-25,28,32-33,40H,1,11,13-17H2,2-7H3,(H2,36,37,38)/t20-,24-,25-,28-,32-,33-/m1/s1. The number of carbonyl (C=O) groups excluding carboxylic acids is 3. The Kier molecular flexibility index (Phi) is 12.1. The molecule has 6 rings (SSSR count). The van der Waals surface area contributed by atoms with Crippen LogP contribution >= 0.6 is 23.1 Å². The summed E-state index contributed by atoms with van der Waals surface area (Å²) in [6.45, 7) is 15.4. The first-order valence-corrected chi connectivity index (χ1v) is 24.1. The number of ketones is 1. The number of fused-ring (bicyclic) bond motifs is 2. The molecular formula is C35H47N7O9S3Si. The summed E-state index contributed by atoms with van der Waals surface area (Å²) < 4.78 is 55.0. The zero-order valence-electron chi connectivity index (χ0n) is 31.6. The van der Waals surface area contributed by atoms with Gasteiger partial charge in [0.2, 0.25) is 5.91 Å². The van der Waals surface area contributed by atoms with Crippen molar-refractivity contribution in [1.82, 2.24) is 29.1 Å². The largest absolute Gasteiger partial charge is 0.457 e. The van der Waals surface area contributed by atoms with E-state index in [1.165, 1.54) is 40.4 Å². The lowest BCUT2D eigenvalue weighted by Gasteiger charge is -2.49. The molecule has 2 saturated heterocycles. The minimum absolute atomic E-state index is 0.0405. The van der Waals surface area contributed by atoms with Crippen molar-refractivity contribution in [2.24, 2.45) is 11.8 Å².